The molecule has 0 atom stereocenters. The molecule has 0 aliphatic rings. The molecule has 90 valence electrons. The van der Waals surface area contributed by atoms with Gasteiger partial charge in [0.1, 0.15) is 0 Å². The molecule has 3 nitrogen and oxygen atoms in total. The maximum Gasteiger partial charge on any atom is 0.0472 e. The Morgan fingerprint density at radius 1 is 1.19 bits per heavy atom. The van der Waals surface area contributed by atoms with Crippen LogP contribution in [0.25, 0.3) is 0 Å². The third-order valence-corrected chi connectivity index (χ3v) is 2.65. The van der Waals surface area contributed by atoms with Crippen LogP contribution in [-0.2, 0) is 5.41 Å². The van der Waals surface area contributed by atoms with Crippen LogP contribution in [0.2, 0.25) is 0 Å². The van der Waals surface area contributed by atoms with Crippen LogP contribution >= 0.6 is 0 Å². The first-order valence-electron chi connectivity index (χ1n) is 6.00. The van der Waals surface area contributed by atoms with Gasteiger partial charge in [0.25, 0.3) is 0 Å². The molecule has 0 saturated heterocycles. The van der Waals surface area contributed by atoms with Crippen molar-refractivity contribution in [2.75, 3.05) is 26.2 Å². The molecule has 0 aromatic carbocycles. The minimum Gasteiger partial charge on any atom is -0.316 e. The van der Waals surface area contributed by atoms with E-state index >= 15 is 0 Å². The highest BCUT2D eigenvalue weighted by Crippen LogP contribution is 2.19. The van der Waals surface area contributed by atoms with Crippen molar-refractivity contribution in [3.8, 4) is 0 Å². The van der Waals surface area contributed by atoms with Gasteiger partial charge < -0.3 is 10.6 Å². The number of hydrogen-bond acceptors (Lipinski definition) is 3. The van der Waals surface area contributed by atoms with Crippen molar-refractivity contribution in [2.24, 2.45) is 0 Å². The zero-order valence-electron chi connectivity index (χ0n) is 10.6. The molecule has 0 amide bonds. The Hall–Kier alpha value is -0.930. The summed E-state index contributed by atoms with van der Waals surface area (Å²) in [7, 11) is 0. The van der Waals surface area contributed by atoms with Gasteiger partial charge in [-0.05, 0) is 18.7 Å². The van der Waals surface area contributed by atoms with E-state index in [1.165, 1.54) is 0 Å². The van der Waals surface area contributed by atoms with E-state index in [9.17, 15) is 0 Å². The Labute approximate surface area is 98.7 Å². The summed E-state index contributed by atoms with van der Waals surface area (Å²) in [6, 6.07) is 6.09. The number of pyridine rings is 1. The van der Waals surface area contributed by atoms with Gasteiger partial charge in [-0.15, -0.1) is 0 Å². The third-order valence-electron chi connectivity index (χ3n) is 2.65. The summed E-state index contributed by atoms with van der Waals surface area (Å²) in [5, 5.41) is 6.75. The summed E-state index contributed by atoms with van der Waals surface area (Å²) in [4.78, 5) is 4.41. The maximum absolute atomic E-state index is 4.41. The SMILES string of the molecule is CCNCCNCC(C)(C)c1ccccn1. The lowest BCUT2D eigenvalue weighted by Gasteiger charge is -2.24. The lowest BCUT2D eigenvalue weighted by atomic mass is 9.89. The van der Waals surface area contributed by atoms with Crippen molar-refractivity contribution in [1.29, 1.82) is 0 Å². The fourth-order valence-electron chi connectivity index (χ4n) is 1.61. The second kappa shape index (κ2) is 6.61. The summed E-state index contributed by atoms with van der Waals surface area (Å²) < 4.78 is 0. The van der Waals surface area contributed by atoms with Crippen LogP contribution in [-0.4, -0.2) is 31.2 Å². The van der Waals surface area contributed by atoms with Gasteiger partial charge in [-0.3, -0.25) is 4.98 Å². The number of likely N-dealkylation sites (N-methyl/N-ethyl adjacent to an activating group) is 1. The van der Waals surface area contributed by atoms with E-state index in [2.05, 4.69) is 42.5 Å². The highest BCUT2D eigenvalue weighted by molar-refractivity contribution is 5.14. The summed E-state index contributed by atoms with van der Waals surface area (Å²) in [5.41, 5.74) is 1.24. The van der Waals surface area contributed by atoms with E-state index < -0.39 is 0 Å². The lowest BCUT2D eigenvalue weighted by molar-refractivity contribution is 0.455. The number of hydrogen-bond donors (Lipinski definition) is 2. The first-order valence-corrected chi connectivity index (χ1v) is 6.00. The van der Waals surface area contributed by atoms with Gasteiger partial charge in [-0.25, -0.2) is 0 Å². The first-order chi connectivity index (χ1) is 7.67. The number of nitrogens with one attached hydrogen (secondary N) is 2. The van der Waals surface area contributed by atoms with E-state index in [4.69, 9.17) is 0 Å². The zero-order chi connectivity index (χ0) is 11.9. The summed E-state index contributed by atoms with van der Waals surface area (Å²) >= 11 is 0. The molecule has 1 heterocycles. The summed E-state index contributed by atoms with van der Waals surface area (Å²) in [6.45, 7) is 10.6. The third kappa shape index (κ3) is 4.29. The Kier molecular flexibility index (Phi) is 5.43. The highest BCUT2D eigenvalue weighted by atomic mass is 14.9. The van der Waals surface area contributed by atoms with Gasteiger partial charge in [-0.2, -0.15) is 0 Å². The van der Waals surface area contributed by atoms with Crippen LogP contribution < -0.4 is 10.6 Å². The molecular weight excluding hydrogens is 198 g/mol. The topological polar surface area (TPSA) is 37.0 Å². The molecule has 0 spiro atoms. The molecule has 0 fully saturated rings. The predicted molar refractivity (Wildman–Crippen MR) is 68.7 cm³/mol. The van der Waals surface area contributed by atoms with E-state index in [1.54, 1.807) is 0 Å². The second-order valence-corrected chi connectivity index (χ2v) is 4.63. The molecule has 2 N–H and O–H groups in total. The minimum absolute atomic E-state index is 0.0907. The average Bonchev–Trinajstić information content (AvgIpc) is 2.30. The molecule has 1 aromatic heterocycles. The minimum atomic E-state index is 0.0907. The second-order valence-electron chi connectivity index (χ2n) is 4.63. The van der Waals surface area contributed by atoms with Crippen LogP contribution in [0, 0.1) is 0 Å². The van der Waals surface area contributed by atoms with Crippen molar-refractivity contribution in [3.05, 3.63) is 30.1 Å². The Balaban J connectivity index is 2.35. The number of nitrogens with zero attached hydrogens (tertiary/aromatic N) is 1. The molecule has 3 heteroatoms. The van der Waals surface area contributed by atoms with Crippen LogP contribution in [0.4, 0.5) is 0 Å². The Morgan fingerprint density at radius 2 is 1.94 bits per heavy atom. The molecule has 16 heavy (non-hydrogen) atoms. The maximum atomic E-state index is 4.41. The number of aromatic nitrogens is 1. The van der Waals surface area contributed by atoms with Crippen LogP contribution in [0.5, 0.6) is 0 Å². The van der Waals surface area contributed by atoms with Crippen LogP contribution in [0.15, 0.2) is 24.4 Å². The van der Waals surface area contributed by atoms with Crippen LogP contribution in [0.3, 0.4) is 0 Å². The number of rotatable bonds is 7. The van der Waals surface area contributed by atoms with E-state index in [-0.39, 0.29) is 5.41 Å². The molecule has 0 aliphatic heterocycles. The van der Waals surface area contributed by atoms with Crippen molar-refractivity contribution < 1.29 is 0 Å². The van der Waals surface area contributed by atoms with Gasteiger partial charge in [-0.1, -0.05) is 26.8 Å². The van der Waals surface area contributed by atoms with E-state index in [0.29, 0.717) is 0 Å². The quantitative estimate of drug-likeness (QED) is 0.686. The molecule has 0 aliphatic carbocycles. The average molecular weight is 221 g/mol. The molecule has 1 rings (SSSR count). The van der Waals surface area contributed by atoms with Crippen molar-refractivity contribution in [1.82, 2.24) is 15.6 Å². The monoisotopic (exact) mass is 221 g/mol. The van der Waals surface area contributed by atoms with Crippen molar-refractivity contribution >= 4 is 0 Å². The highest BCUT2D eigenvalue weighted by Gasteiger charge is 2.20. The Bertz CT molecular complexity index is 282. The molecular formula is C13H23N3. The van der Waals surface area contributed by atoms with Gasteiger partial charge >= 0.3 is 0 Å². The largest absolute Gasteiger partial charge is 0.316 e. The van der Waals surface area contributed by atoms with Gasteiger partial charge in [0.2, 0.25) is 0 Å². The van der Waals surface area contributed by atoms with Crippen molar-refractivity contribution in [3.63, 3.8) is 0 Å². The van der Waals surface area contributed by atoms with E-state index in [1.807, 2.05) is 18.3 Å². The predicted octanol–water partition coefficient (Wildman–Crippen LogP) is 1.56. The molecule has 0 radical (unpaired) electrons. The molecule has 1 aromatic rings. The normalized spacial score (nSPS) is 11.7. The van der Waals surface area contributed by atoms with Crippen molar-refractivity contribution in [2.45, 2.75) is 26.2 Å². The van der Waals surface area contributed by atoms with Gasteiger partial charge in [0.05, 0.1) is 0 Å². The standard InChI is InChI=1S/C13H23N3/c1-4-14-9-10-15-11-13(2,3)12-7-5-6-8-16-12/h5-8,14-15H,4,9-11H2,1-3H3. The molecule has 0 unspecified atom stereocenters. The summed E-state index contributed by atoms with van der Waals surface area (Å²) in [6.07, 6.45) is 1.86. The zero-order valence-corrected chi connectivity index (χ0v) is 10.6. The fourth-order valence-corrected chi connectivity index (χ4v) is 1.61. The fraction of sp³-hybridized carbons (Fsp3) is 0.615. The van der Waals surface area contributed by atoms with Gasteiger partial charge in [0.15, 0.2) is 0 Å². The first kappa shape index (κ1) is 13.1. The molecule has 0 saturated carbocycles. The van der Waals surface area contributed by atoms with E-state index in [0.717, 1.165) is 31.9 Å². The lowest BCUT2D eigenvalue weighted by Crippen LogP contribution is -2.37. The summed E-state index contributed by atoms with van der Waals surface area (Å²) in [5.74, 6) is 0. The van der Waals surface area contributed by atoms with Crippen LogP contribution in [0.1, 0.15) is 26.5 Å². The molecule has 0 bridgehead atoms. The Morgan fingerprint density at radius 3 is 2.56 bits per heavy atom. The smallest absolute Gasteiger partial charge is 0.0472 e. The van der Waals surface area contributed by atoms with Gasteiger partial charge in [0, 0.05) is 36.9 Å².